The van der Waals surface area contributed by atoms with Crippen LogP contribution >= 0.6 is 0 Å². The van der Waals surface area contributed by atoms with Crippen molar-refractivity contribution in [3.63, 3.8) is 0 Å². The summed E-state index contributed by atoms with van der Waals surface area (Å²) in [6.07, 6.45) is 3.46. The number of aromatic nitrogens is 1. The van der Waals surface area contributed by atoms with Gasteiger partial charge in [0.2, 0.25) is 11.8 Å². The first-order valence-electron chi connectivity index (χ1n) is 12.8. The molecule has 3 rings (SSSR count). The molecule has 1 heterocycles. The maximum absolute atomic E-state index is 13.6. The van der Waals surface area contributed by atoms with E-state index in [0.717, 1.165) is 23.3 Å². The van der Waals surface area contributed by atoms with Gasteiger partial charge in [0, 0.05) is 49.8 Å². The van der Waals surface area contributed by atoms with Crippen LogP contribution in [0, 0.1) is 5.92 Å². The van der Waals surface area contributed by atoms with Gasteiger partial charge in [-0.05, 0) is 49.1 Å². The number of para-hydroxylation sites is 1. The van der Waals surface area contributed by atoms with Crippen LogP contribution in [0.25, 0.3) is 10.9 Å². The van der Waals surface area contributed by atoms with Gasteiger partial charge in [-0.15, -0.1) is 0 Å². The van der Waals surface area contributed by atoms with Crippen molar-refractivity contribution in [3.8, 4) is 5.75 Å². The highest BCUT2D eigenvalue weighted by molar-refractivity contribution is 5.86. The number of fused-ring (bicyclic) bond motifs is 1. The van der Waals surface area contributed by atoms with Gasteiger partial charge >= 0.3 is 0 Å². The molecule has 0 aliphatic heterocycles. The minimum atomic E-state index is -0.138. The zero-order valence-corrected chi connectivity index (χ0v) is 22.0. The van der Waals surface area contributed by atoms with Crippen molar-refractivity contribution >= 4 is 22.7 Å². The molecule has 194 valence electrons. The van der Waals surface area contributed by atoms with Gasteiger partial charge in [0.15, 0.2) is 0 Å². The molecule has 2 amide bonds. The number of amides is 2. The molecule has 0 bridgehead atoms. The van der Waals surface area contributed by atoms with Gasteiger partial charge in [0.05, 0.1) is 19.8 Å². The van der Waals surface area contributed by atoms with Crippen LogP contribution in [0.3, 0.4) is 0 Å². The summed E-state index contributed by atoms with van der Waals surface area (Å²) in [6, 6.07) is 16.0. The Balaban J connectivity index is 1.78. The smallest absolute Gasteiger partial charge is 0.242 e. The lowest BCUT2D eigenvalue weighted by Gasteiger charge is -2.29. The van der Waals surface area contributed by atoms with E-state index in [1.54, 1.807) is 12.0 Å². The molecule has 7 heteroatoms. The highest BCUT2D eigenvalue weighted by atomic mass is 16.5. The van der Waals surface area contributed by atoms with Crippen molar-refractivity contribution in [1.29, 1.82) is 0 Å². The molecule has 0 saturated heterocycles. The standard InChI is InChI=1S/C29H39N3O4/c1-5-22(3)29(34)32(17-18-35-4)21-28(33)31(20-23-11-13-25(14-12-23)36-6-2)16-15-24-19-30-27-10-8-7-9-26(24)27/h7-14,19,22,30H,5-6,15-18,20-21H2,1-4H3. The molecule has 0 aliphatic rings. The number of carbonyl (C=O) groups is 2. The van der Waals surface area contributed by atoms with Crippen molar-refractivity contribution in [2.24, 2.45) is 5.92 Å². The van der Waals surface area contributed by atoms with Gasteiger partial charge in [0.25, 0.3) is 0 Å². The molecule has 0 fully saturated rings. The normalized spacial score (nSPS) is 11.9. The summed E-state index contributed by atoms with van der Waals surface area (Å²) >= 11 is 0. The highest BCUT2D eigenvalue weighted by Gasteiger charge is 2.24. The Bertz CT molecular complexity index is 1110. The van der Waals surface area contributed by atoms with Crippen LogP contribution in [-0.4, -0.2) is 66.6 Å². The molecule has 1 aromatic heterocycles. The van der Waals surface area contributed by atoms with E-state index < -0.39 is 0 Å². The van der Waals surface area contributed by atoms with Crippen LogP contribution in [0.2, 0.25) is 0 Å². The highest BCUT2D eigenvalue weighted by Crippen LogP contribution is 2.20. The van der Waals surface area contributed by atoms with Crippen LogP contribution in [0.15, 0.2) is 54.7 Å². The first-order valence-corrected chi connectivity index (χ1v) is 12.8. The first kappa shape index (κ1) is 27.3. The largest absolute Gasteiger partial charge is 0.494 e. The zero-order chi connectivity index (χ0) is 25.9. The summed E-state index contributed by atoms with van der Waals surface area (Å²) in [5.74, 6) is 0.584. The number of nitrogens with one attached hydrogen (secondary N) is 1. The van der Waals surface area contributed by atoms with Gasteiger partial charge in [-0.3, -0.25) is 9.59 Å². The van der Waals surface area contributed by atoms with Gasteiger partial charge in [-0.1, -0.05) is 44.2 Å². The van der Waals surface area contributed by atoms with Gasteiger partial charge in [-0.2, -0.15) is 0 Å². The van der Waals surface area contributed by atoms with Crippen molar-refractivity contribution in [3.05, 3.63) is 65.9 Å². The Kier molecular flexibility index (Phi) is 10.4. The molecule has 7 nitrogen and oxygen atoms in total. The molecule has 1 N–H and O–H groups in total. The number of ether oxygens (including phenoxy) is 2. The molecule has 1 atom stereocenters. The summed E-state index contributed by atoms with van der Waals surface area (Å²) in [5.41, 5.74) is 3.27. The van der Waals surface area contributed by atoms with E-state index >= 15 is 0 Å². The lowest BCUT2D eigenvalue weighted by Crippen LogP contribution is -2.46. The first-order chi connectivity index (χ1) is 17.5. The van der Waals surface area contributed by atoms with E-state index in [1.165, 1.54) is 10.9 Å². The van der Waals surface area contributed by atoms with E-state index in [1.807, 2.05) is 68.3 Å². The molecular formula is C29H39N3O4. The minimum Gasteiger partial charge on any atom is -0.494 e. The van der Waals surface area contributed by atoms with Crippen LogP contribution in [0.4, 0.5) is 0 Å². The number of H-pyrrole nitrogens is 1. The Labute approximate surface area is 214 Å². The Morgan fingerprint density at radius 1 is 1.00 bits per heavy atom. The second-order valence-electron chi connectivity index (χ2n) is 9.06. The molecule has 1 unspecified atom stereocenters. The maximum atomic E-state index is 13.6. The van der Waals surface area contributed by atoms with Crippen molar-refractivity contribution in [2.75, 3.05) is 40.0 Å². The summed E-state index contributed by atoms with van der Waals surface area (Å²) in [7, 11) is 1.60. The molecule has 0 radical (unpaired) electrons. The summed E-state index contributed by atoms with van der Waals surface area (Å²) in [4.78, 5) is 33.4. The van der Waals surface area contributed by atoms with Crippen molar-refractivity contribution in [2.45, 2.75) is 40.2 Å². The average molecular weight is 494 g/mol. The third kappa shape index (κ3) is 7.34. The Hall–Kier alpha value is -3.32. The van der Waals surface area contributed by atoms with Gasteiger partial charge in [-0.25, -0.2) is 0 Å². The minimum absolute atomic E-state index is 0.0134. The number of nitrogens with zero attached hydrogens (tertiary/aromatic N) is 2. The molecule has 3 aromatic rings. The molecule has 2 aromatic carbocycles. The van der Waals surface area contributed by atoms with Crippen LogP contribution < -0.4 is 4.74 Å². The number of rotatable bonds is 14. The monoisotopic (exact) mass is 493 g/mol. The van der Waals surface area contributed by atoms with E-state index in [9.17, 15) is 9.59 Å². The fourth-order valence-corrected chi connectivity index (χ4v) is 4.18. The van der Waals surface area contributed by atoms with E-state index in [-0.39, 0.29) is 24.3 Å². The number of hydrogen-bond acceptors (Lipinski definition) is 4. The fraction of sp³-hybridized carbons (Fsp3) is 0.448. The van der Waals surface area contributed by atoms with Gasteiger partial charge < -0.3 is 24.3 Å². The second-order valence-corrected chi connectivity index (χ2v) is 9.06. The van der Waals surface area contributed by atoms with Crippen LogP contribution in [0.1, 0.15) is 38.3 Å². The lowest BCUT2D eigenvalue weighted by molar-refractivity contribution is -0.143. The SMILES string of the molecule is CCOc1ccc(CN(CCc2c[nH]c3ccccc23)C(=O)CN(CCOC)C(=O)C(C)CC)cc1. The Morgan fingerprint density at radius 3 is 2.44 bits per heavy atom. The van der Waals surface area contributed by atoms with Crippen LogP contribution in [-0.2, 0) is 27.3 Å². The third-order valence-electron chi connectivity index (χ3n) is 6.52. The van der Waals surface area contributed by atoms with E-state index in [2.05, 4.69) is 17.1 Å². The number of benzene rings is 2. The summed E-state index contributed by atoms with van der Waals surface area (Å²) in [6.45, 7) is 8.28. The fourth-order valence-electron chi connectivity index (χ4n) is 4.18. The van der Waals surface area contributed by atoms with E-state index in [4.69, 9.17) is 9.47 Å². The molecule has 0 aliphatic carbocycles. The number of hydrogen-bond donors (Lipinski definition) is 1. The third-order valence-corrected chi connectivity index (χ3v) is 6.52. The molecule has 36 heavy (non-hydrogen) atoms. The summed E-state index contributed by atoms with van der Waals surface area (Å²) in [5, 5.41) is 1.17. The maximum Gasteiger partial charge on any atom is 0.242 e. The summed E-state index contributed by atoms with van der Waals surface area (Å²) < 4.78 is 10.8. The number of carbonyl (C=O) groups excluding carboxylic acids is 2. The molecule has 0 saturated carbocycles. The second kappa shape index (κ2) is 13.7. The number of aromatic amines is 1. The average Bonchev–Trinajstić information content (AvgIpc) is 3.32. The Morgan fingerprint density at radius 2 is 1.75 bits per heavy atom. The topological polar surface area (TPSA) is 74.9 Å². The predicted molar refractivity (Wildman–Crippen MR) is 143 cm³/mol. The van der Waals surface area contributed by atoms with Gasteiger partial charge in [0.1, 0.15) is 5.75 Å². The van der Waals surface area contributed by atoms with Crippen LogP contribution in [0.5, 0.6) is 5.75 Å². The quantitative estimate of drug-likeness (QED) is 0.354. The lowest BCUT2D eigenvalue weighted by atomic mass is 10.1. The zero-order valence-electron chi connectivity index (χ0n) is 22.0. The molecule has 0 spiro atoms. The van der Waals surface area contributed by atoms with Crippen molar-refractivity contribution in [1.82, 2.24) is 14.8 Å². The number of methoxy groups -OCH3 is 1. The predicted octanol–water partition coefficient (Wildman–Crippen LogP) is 4.66. The molecular weight excluding hydrogens is 454 g/mol. The van der Waals surface area contributed by atoms with Crippen molar-refractivity contribution < 1.29 is 19.1 Å². The van der Waals surface area contributed by atoms with E-state index in [0.29, 0.717) is 39.3 Å².